The summed E-state index contributed by atoms with van der Waals surface area (Å²) in [7, 11) is 6.42. The Morgan fingerprint density at radius 2 is 2.00 bits per heavy atom. The van der Waals surface area contributed by atoms with E-state index in [1.807, 2.05) is 0 Å². The normalized spacial score (nSPS) is 20.6. The zero-order valence-corrected chi connectivity index (χ0v) is 11.7. The Morgan fingerprint density at radius 3 is 2.65 bits per heavy atom. The molecule has 0 amide bonds. The van der Waals surface area contributed by atoms with E-state index in [1.54, 1.807) is 0 Å². The molecule has 4 heteroatoms. The summed E-state index contributed by atoms with van der Waals surface area (Å²) in [6.07, 6.45) is 4.18. The highest BCUT2D eigenvalue weighted by molar-refractivity contribution is 4.69. The van der Waals surface area contributed by atoms with Gasteiger partial charge < -0.3 is 19.9 Å². The first-order valence-electron chi connectivity index (χ1n) is 6.84. The van der Waals surface area contributed by atoms with Crippen molar-refractivity contribution in [2.45, 2.75) is 25.4 Å². The molecule has 1 rings (SSSR count). The first-order valence-corrected chi connectivity index (χ1v) is 6.84. The van der Waals surface area contributed by atoms with Gasteiger partial charge in [0.05, 0.1) is 6.10 Å². The van der Waals surface area contributed by atoms with Crippen LogP contribution in [0.5, 0.6) is 0 Å². The van der Waals surface area contributed by atoms with E-state index in [4.69, 9.17) is 4.74 Å². The molecular weight excluding hydrogens is 214 g/mol. The zero-order chi connectivity index (χ0) is 12.5. The lowest BCUT2D eigenvalue weighted by atomic mass is 10.2. The Kier molecular flexibility index (Phi) is 7.77. The average molecular weight is 243 g/mol. The van der Waals surface area contributed by atoms with E-state index in [0.29, 0.717) is 6.10 Å². The minimum Gasteiger partial charge on any atom is -0.377 e. The Morgan fingerprint density at radius 1 is 1.18 bits per heavy atom. The van der Waals surface area contributed by atoms with Crippen molar-refractivity contribution in [1.29, 1.82) is 0 Å². The first kappa shape index (κ1) is 14.9. The Bertz CT molecular complexity index is 182. The minimum absolute atomic E-state index is 0.480. The summed E-state index contributed by atoms with van der Waals surface area (Å²) in [4.78, 5) is 4.60. The zero-order valence-electron chi connectivity index (χ0n) is 11.7. The van der Waals surface area contributed by atoms with Gasteiger partial charge in [0, 0.05) is 26.2 Å². The summed E-state index contributed by atoms with van der Waals surface area (Å²) in [6, 6.07) is 0. The van der Waals surface area contributed by atoms with Gasteiger partial charge in [0.15, 0.2) is 0 Å². The van der Waals surface area contributed by atoms with Gasteiger partial charge in [-0.15, -0.1) is 0 Å². The third kappa shape index (κ3) is 7.71. The molecule has 1 N–H and O–H groups in total. The van der Waals surface area contributed by atoms with Gasteiger partial charge in [0.25, 0.3) is 0 Å². The number of hydrogen-bond donors (Lipinski definition) is 1. The van der Waals surface area contributed by atoms with E-state index >= 15 is 0 Å². The Labute approximate surface area is 106 Å². The fourth-order valence-corrected chi connectivity index (χ4v) is 2.14. The van der Waals surface area contributed by atoms with Gasteiger partial charge in [0.2, 0.25) is 0 Å². The van der Waals surface area contributed by atoms with Crippen LogP contribution in [0, 0.1) is 0 Å². The van der Waals surface area contributed by atoms with Crippen LogP contribution in [-0.2, 0) is 4.74 Å². The number of ether oxygens (including phenoxy) is 1. The van der Waals surface area contributed by atoms with Crippen molar-refractivity contribution in [2.24, 2.45) is 0 Å². The Balaban J connectivity index is 1.87. The quantitative estimate of drug-likeness (QED) is 0.602. The monoisotopic (exact) mass is 243 g/mol. The summed E-state index contributed by atoms with van der Waals surface area (Å²) >= 11 is 0. The molecule has 0 aliphatic carbocycles. The van der Waals surface area contributed by atoms with Crippen molar-refractivity contribution in [2.75, 3.05) is 60.5 Å². The molecule has 1 heterocycles. The molecule has 0 aromatic rings. The lowest BCUT2D eigenvalue weighted by Gasteiger charge is -2.20. The highest BCUT2D eigenvalue weighted by Crippen LogP contribution is 2.12. The summed E-state index contributed by atoms with van der Waals surface area (Å²) in [5, 5.41) is 3.49. The third-order valence-corrected chi connectivity index (χ3v) is 3.17. The highest BCUT2D eigenvalue weighted by Gasteiger charge is 2.16. The molecule has 4 nitrogen and oxygen atoms in total. The molecular formula is C13H29N3O. The summed E-state index contributed by atoms with van der Waals surface area (Å²) < 4.78 is 5.63. The molecule has 1 atom stereocenters. The molecule has 0 aromatic carbocycles. The maximum absolute atomic E-state index is 5.63. The van der Waals surface area contributed by atoms with Gasteiger partial charge in [-0.25, -0.2) is 0 Å². The molecule has 0 bridgehead atoms. The SMILES string of the molecule is CN(C)CCCNCCN(C)CC1CCCO1. The largest absolute Gasteiger partial charge is 0.377 e. The number of nitrogens with one attached hydrogen (secondary N) is 1. The molecule has 0 aromatic heterocycles. The van der Waals surface area contributed by atoms with Crippen molar-refractivity contribution in [1.82, 2.24) is 15.1 Å². The second kappa shape index (κ2) is 8.86. The molecule has 1 saturated heterocycles. The lowest BCUT2D eigenvalue weighted by Crippen LogP contribution is -2.35. The third-order valence-electron chi connectivity index (χ3n) is 3.17. The van der Waals surface area contributed by atoms with Crippen LogP contribution < -0.4 is 5.32 Å². The number of rotatable bonds is 9. The summed E-state index contributed by atoms with van der Waals surface area (Å²) in [5.74, 6) is 0. The summed E-state index contributed by atoms with van der Waals surface area (Å²) in [5.41, 5.74) is 0. The maximum Gasteiger partial charge on any atom is 0.0702 e. The van der Waals surface area contributed by atoms with Crippen molar-refractivity contribution >= 4 is 0 Å². The van der Waals surface area contributed by atoms with E-state index in [2.05, 4.69) is 36.3 Å². The smallest absolute Gasteiger partial charge is 0.0702 e. The van der Waals surface area contributed by atoms with Gasteiger partial charge >= 0.3 is 0 Å². The van der Waals surface area contributed by atoms with Crippen LogP contribution in [0.25, 0.3) is 0 Å². The average Bonchev–Trinajstić information content (AvgIpc) is 2.75. The Hall–Kier alpha value is -0.160. The predicted molar refractivity (Wildman–Crippen MR) is 72.5 cm³/mol. The van der Waals surface area contributed by atoms with Crippen LogP contribution in [0.15, 0.2) is 0 Å². The maximum atomic E-state index is 5.63. The number of likely N-dealkylation sites (N-methyl/N-ethyl adjacent to an activating group) is 1. The predicted octanol–water partition coefficient (Wildman–Crippen LogP) is 0.639. The molecule has 1 fully saturated rings. The standard InChI is InChI=1S/C13H29N3O/c1-15(2)9-5-7-14-8-10-16(3)12-13-6-4-11-17-13/h13-14H,4-12H2,1-3H3. The highest BCUT2D eigenvalue weighted by atomic mass is 16.5. The van der Waals surface area contributed by atoms with Gasteiger partial charge in [-0.05, 0) is 53.5 Å². The number of nitrogens with zero attached hydrogens (tertiary/aromatic N) is 2. The molecule has 0 radical (unpaired) electrons. The van der Waals surface area contributed by atoms with Crippen LogP contribution >= 0.6 is 0 Å². The molecule has 1 aliphatic heterocycles. The molecule has 0 spiro atoms. The van der Waals surface area contributed by atoms with E-state index in [1.165, 1.54) is 25.8 Å². The van der Waals surface area contributed by atoms with Crippen LogP contribution in [0.3, 0.4) is 0 Å². The summed E-state index contributed by atoms with van der Waals surface area (Å²) in [6.45, 7) is 6.52. The molecule has 102 valence electrons. The van der Waals surface area contributed by atoms with E-state index in [0.717, 1.165) is 32.8 Å². The minimum atomic E-state index is 0.480. The van der Waals surface area contributed by atoms with E-state index in [-0.39, 0.29) is 0 Å². The number of hydrogen-bond acceptors (Lipinski definition) is 4. The first-order chi connectivity index (χ1) is 8.18. The second-order valence-electron chi connectivity index (χ2n) is 5.30. The van der Waals surface area contributed by atoms with Crippen molar-refractivity contribution in [3.05, 3.63) is 0 Å². The molecule has 1 unspecified atom stereocenters. The van der Waals surface area contributed by atoms with Crippen molar-refractivity contribution in [3.63, 3.8) is 0 Å². The van der Waals surface area contributed by atoms with E-state index < -0.39 is 0 Å². The van der Waals surface area contributed by atoms with Gasteiger partial charge in [-0.2, -0.15) is 0 Å². The lowest BCUT2D eigenvalue weighted by molar-refractivity contribution is 0.0815. The van der Waals surface area contributed by atoms with E-state index in [9.17, 15) is 0 Å². The van der Waals surface area contributed by atoms with Crippen molar-refractivity contribution in [3.8, 4) is 0 Å². The van der Waals surface area contributed by atoms with Crippen LogP contribution in [0.2, 0.25) is 0 Å². The van der Waals surface area contributed by atoms with Gasteiger partial charge in [-0.1, -0.05) is 0 Å². The molecule has 17 heavy (non-hydrogen) atoms. The second-order valence-corrected chi connectivity index (χ2v) is 5.30. The fraction of sp³-hybridized carbons (Fsp3) is 1.00. The van der Waals surface area contributed by atoms with Crippen LogP contribution in [0.4, 0.5) is 0 Å². The van der Waals surface area contributed by atoms with Crippen molar-refractivity contribution < 1.29 is 4.74 Å². The fourth-order valence-electron chi connectivity index (χ4n) is 2.14. The van der Waals surface area contributed by atoms with Gasteiger partial charge in [-0.3, -0.25) is 0 Å². The van der Waals surface area contributed by atoms with Gasteiger partial charge in [0.1, 0.15) is 0 Å². The van der Waals surface area contributed by atoms with Crippen LogP contribution in [-0.4, -0.2) is 76.4 Å². The molecule has 0 saturated carbocycles. The molecule has 1 aliphatic rings. The van der Waals surface area contributed by atoms with Crippen LogP contribution in [0.1, 0.15) is 19.3 Å². The topological polar surface area (TPSA) is 27.7 Å².